The van der Waals surface area contributed by atoms with Gasteiger partial charge in [-0.15, -0.1) is 0 Å². The predicted molar refractivity (Wildman–Crippen MR) is 139 cm³/mol. The molecule has 1 amide bonds. The molecule has 37 heavy (non-hydrogen) atoms. The van der Waals surface area contributed by atoms with Crippen LogP contribution < -0.4 is 5.32 Å². The Hall–Kier alpha value is -2.41. The van der Waals surface area contributed by atoms with Crippen LogP contribution in [0.3, 0.4) is 0 Å². The average molecular weight is 512 g/mol. The van der Waals surface area contributed by atoms with E-state index >= 15 is 0 Å². The van der Waals surface area contributed by atoms with Crippen molar-refractivity contribution in [2.45, 2.75) is 90.3 Å². The van der Waals surface area contributed by atoms with Gasteiger partial charge in [0.1, 0.15) is 6.10 Å². The Bertz CT molecular complexity index is 1040. The molecule has 2 N–H and O–H groups in total. The number of hydrogen-bond acceptors (Lipinski definition) is 6. The lowest BCUT2D eigenvalue weighted by Gasteiger charge is -2.58. The monoisotopic (exact) mass is 511 g/mol. The van der Waals surface area contributed by atoms with Crippen molar-refractivity contribution in [3.63, 3.8) is 0 Å². The number of esters is 2. The van der Waals surface area contributed by atoms with Crippen LogP contribution in [0.15, 0.2) is 24.3 Å². The summed E-state index contributed by atoms with van der Waals surface area (Å²) >= 11 is 0. The Kier molecular flexibility index (Phi) is 7.12. The maximum Gasteiger partial charge on any atom is 0.340 e. The number of carbonyl (C=O) groups excluding carboxylic acids is 3. The van der Waals surface area contributed by atoms with Gasteiger partial charge in [-0.1, -0.05) is 39.3 Å². The standard InChI is InChI=1S/C30H41NO6/c1-18(2)22-9-8-19(3)10-25(22)37-27(33)23-6-4-5-7-24(23)31-26(32)16-36-28(34)29-12-20-11-21(13-29)15-30(35,14-20)17-29/h4-7,18-22,25,35H,8-17H2,1-3H3,(H,31,32)/t19-,20-,21-,22+,25+,29?,30?/m1/s1. The number of hydrogen-bond donors (Lipinski definition) is 2. The highest BCUT2D eigenvalue weighted by Gasteiger charge is 2.61. The molecule has 0 saturated heterocycles. The third-order valence-corrected chi connectivity index (χ3v) is 9.44. The van der Waals surface area contributed by atoms with E-state index in [1.165, 1.54) is 0 Å². The fraction of sp³-hybridized carbons (Fsp3) is 0.700. The van der Waals surface area contributed by atoms with Crippen molar-refractivity contribution in [1.29, 1.82) is 0 Å². The fourth-order valence-corrected chi connectivity index (χ4v) is 8.14. The summed E-state index contributed by atoms with van der Waals surface area (Å²) < 4.78 is 11.5. The summed E-state index contributed by atoms with van der Waals surface area (Å²) in [6, 6.07) is 6.80. The molecule has 4 bridgehead atoms. The molecule has 1 aromatic rings. The number of anilines is 1. The molecule has 5 atom stereocenters. The number of para-hydroxylation sites is 1. The van der Waals surface area contributed by atoms with Gasteiger partial charge in [0.05, 0.1) is 22.3 Å². The maximum absolute atomic E-state index is 13.2. The number of amides is 1. The van der Waals surface area contributed by atoms with Crippen LogP contribution in [0.25, 0.3) is 0 Å². The maximum atomic E-state index is 13.2. The molecule has 5 saturated carbocycles. The average Bonchev–Trinajstić information content (AvgIpc) is 2.81. The van der Waals surface area contributed by atoms with E-state index < -0.39 is 29.5 Å². The van der Waals surface area contributed by atoms with Crippen molar-refractivity contribution >= 4 is 23.5 Å². The quantitative estimate of drug-likeness (QED) is 0.493. The number of ether oxygens (including phenoxy) is 2. The first-order chi connectivity index (χ1) is 17.6. The van der Waals surface area contributed by atoms with Gasteiger partial charge >= 0.3 is 11.9 Å². The van der Waals surface area contributed by atoms with Crippen LogP contribution >= 0.6 is 0 Å². The zero-order valence-corrected chi connectivity index (χ0v) is 22.3. The summed E-state index contributed by atoms with van der Waals surface area (Å²) in [5, 5.41) is 13.7. The van der Waals surface area contributed by atoms with E-state index in [0.29, 0.717) is 47.3 Å². The highest BCUT2D eigenvalue weighted by atomic mass is 16.5. The van der Waals surface area contributed by atoms with Crippen LogP contribution in [0, 0.1) is 35.0 Å². The van der Waals surface area contributed by atoms with Gasteiger partial charge in [0.2, 0.25) is 0 Å². The molecule has 0 spiro atoms. The van der Waals surface area contributed by atoms with Crippen molar-refractivity contribution in [3.05, 3.63) is 29.8 Å². The van der Waals surface area contributed by atoms with Crippen molar-refractivity contribution in [1.82, 2.24) is 0 Å². The molecule has 5 fully saturated rings. The molecule has 0 heterocycles. The molecule has 0 unspecified atom stereocenters. The molecule has 0 radical (unpaired) electrons. The molecule has 6 rings (SSSR count). The molecular formula is C30H41NO6. The SMILES string of the molecule is CC(C)[C@@H]1CC[C@@H](C)C[C@@H]1OC(=O)c1ccccc1NC(=O)COC(=O)C12C[C@H]3C[C@@H](CC(O)(C3)C1)C2. The van der Waals surface area contributed by atoms with Crippen LogP contribution in [-0.4, -0.2) is 41.3 Å². The van der Waals surface area contributed by atoms with Crippen LogP contribution in [-0.2, 0) is 19.1 Å². The highest BCUT2D eigenvalue weighted by molar-refractivity contribution is 6.02. The molecular weight excluding hydrogens is 470 g/mol. The highest BCUT2D eigenvalue weighted by Crippen LogP contribution is 2.62. The molecule has 1 aromatic carbocycles. The van der Waals surface area contributed by atoms with Crippen molar-refractivity contribution in [2.24, 2.45) is 35.0 Å². The summed E-state index contributed by atoms with van der Waals surface area (Å²) in [6.07, 6.45) is 7.39. The lowest BCUT2D eigenvalue weighted by atomic mass is 9.48. The topological polar surface area (TPSA) is 102 Å². The first kappa shape index (κ1) is 26.2. The Labute approximate surface area is 219 Å². The Morgan fingerprint density at radius 2 is 1.76 bits per heavy atom. The van der Waals surface area contributed by atoms with Gasteiger partial charge in [0, 0.05) is 0 Å². The molecule has 7 nitrogen and oxygen atoms in total. The van der Waals surface area contributed by atoms with E-state index in [1.54, 1.807) is 24.3 Å². The normalized spacial score (nSPS) is 36.3. The third kappa shape index (κ3) is 5.43. The molecule has 5 aliphatic carbocycles. The Morgan fingerprint density at radius 1 is 1.05 bits per heavy atom. The Morgan fingerprint density at radius 3 is 2.43 bits per heavy atom. The molecule has 7 heteroatoms. The van der Waals surface area contributed by atoms with Crippen molar-refractivity contribution in [2.75, 3.05) is 11.9 Å². The lowest BCUT2D eigenvalue weighted by Crippen LogP contribution is -2.58. The first-order valence-corrected chi connectivity index (χ1v) is 14.1. The Balaban J connectivity index is 1.20. The third-order valence-electron chi connectivity index (χ3n) is 9.44. The smallest absolute Gasteiger partial charge is 0.340 e. The van der Waals surface area contributed by atoms with E-state index in [0.717, 1.165) is 51.4 Å². The van der Waals surface area contributed by atoms with Gasteiger partial charge in [-0.25, -0.2) is 4.79 Å². The van der Waals surface area contributed by atoms with E-state index in [9.17, 15) is 19.5 Å². The van der Waals surface area contributed by atoms with E-state index in [4.69, 9.17) is 9.47 Å². The summed E-state index contributed by atoms with van der Waals surface area (Å²) in [6.45, 7) is 6.10. The largest absolute Gasteiger partial charge is 0.458 e. The van der Waals surface area contributed by atoms with Crippen LogP contribution in [0.1, 0.15) is 88.9 Å². The van der Waals surface area contributed by atoms with Crippen LogP contribution in [0.2, 0.25) is 0 Å². The molecule has 202 valence electrons. The van der Waals surface area contributed by atoms with Gasteiger partial charge in [0.15, 0.2) is 6.61 Å². The van der Waals surface area contributed by atoms with Crippen molar-refractivity contribution < 1.29 is 29.0 Å². The fourth-order valence-electron chi connectivity index (χ4n) is 8.14. The zero-order chi connectivity index (χ0) is 26.4. The predicted octanol–water partition coefficient (Wildman–Crippen LogP) is 5.12. The van der Waals surface area contributed by atoms with Gasteiger partial charge in [-0.2, -0.15) is 0 Å². The molecule has 0 aromatic heterocycles. The number of nitrogens with one attached hydrogen (secondary N) is 1. The van der Waals surface area contributed by atoms with Gasteiger partial charge < -0.3 is 19.9 Å². The van der Waals surface area contributed by atoms with E-state index in [-0.39, 0.29) is 12.1 Å². The van der Waals surface area contributed by atoms with Gasteiger partial charge in [0.25, 0.3) is 5.91 Å². The van der Waals surface area contributed by atoms with Gasteiger partial charge in [-0.05, 0) is 93.1 Å². The van der Waals surface area contributed by atoms with Gasteiger partial charge in [-0.3, -0.25) is 9.59 Å². The summed E-state index contributed by atoms with van der Waals surface area (Å²) in [5.41, 5.74) is -0.797. The number of aliphatic hydroxyl groups is 1. The second-order valence-corrected chi connectivity index (χ2v) is 12.9. The van der Waals surface area contributed by atoms with Crippen LogP contribution in [0.4, 0.5) is 5.69 Å². The summed E-state index contributed by atoms with van der Waals surface area (Å²) in [4.78, 5) is 39.0. The second kappa shape index (κ2) is 10.0. The minimum absolute atomic E-state index is 0.143. The van der Waals surface area contributed by atoms with Crippen molar-refractivity contribution in [3.8, 4) is 0 Å². The summed E-state index contributed by atoms with van der Waals surface area (Å²) in [7, 11) is 0. The van der Waals surface area contributed by atoms with E-state index in [2.05, 4.69) is 26.1 Å². The molecule has 0 aliphatic heterocycles. The first-order valence-electron chi connectivity index (χ1n) is 14.1. The number of carbonyl (C=O) groups is 3. The second-order valence-electron chi connectivity index (χ2n) is 12.9. The lowest BCUT2D eigenvalue weighted by molar-refractivity contribution is -0.196. The number of benzene rings is 1. The van der Waals surface area contributed by atoms with E-state index in [1.807, 2.05) is 0 Å². The van der Waals surface area contributed by atoms with Crippen LogP contribution in [0.5, 0.6) is 0 Å². The minimum Gasteiger partial charge on any atom is -0.458 e. The number of rotatable bonds is 7. The summed E-state index contributed by atoms with van der Waals surface area (Å²) in [5.74, 6) is 0.637. The zero-order valence-electron chi connectivity index (χ0n) is 22.3. The minimum atomic E-state index is -0.768. The molecule has 5 aliphatic rings.